The molecule has 0 aromatic heterocycles. The number of nitrogen functional groups attached to an aromatic ring is 1. The van der Waals surface area contributed by atoms with Crippen LogP contribution in [-0.4, -0.2) is 13.7 Å². The van der Waals surface area contributed by atoms with Crippen molar-refractivity contribution in [3.05, 3.63) is 24.3 Å². The molecule has 5 heteroatoms. The second-order valence-electron chi connectivity index (χ2n) is 4.18. The molecule has 1 aliphatic rings. The monoisotopic (exact) mass is 240 g/mol. The van der Waals surface area contributed by atoms with Crippen molar-refractivity contribution in [2.24, 2.45) is 0 Å². The van der Waals surface area contributed by atoms with E-state index in [2.05, 4.69) is 4.72 Å². The molecule has 3 N–H and O–H groups in total. The SMILES string of the molecule is Nc1ccc(NS(=O)(=O)C2CCCC2)cc1. The van der Waals surface area contributed by atoms with E-state index in [9.17, 15) is 8.42 Å². The third-order valence-electron chi connectivity index (χ3n) is 2.91. The smallest absolute Gasteiger partial charge is 0.235 e. The minimum Gasteiger partial charge on any atom is -0.399 e. The fourth-order valence-electron chi connectivity index (χ4n) is 2.00. The quantitative estimate of drug-likeness (QED) is 0.793. The zero-order valence-electron chi connectivity index (χ0n) is 9.02. The van der Waals surface area contributed by atoms with Gasteiger partial charge in [-0.2, -0.15) is 0 Å². The number of hydrogen-bond acceptors (Lipinski definition) is 3. The van der Waals surface area contributed by atoms with Crippen molar-refractivity contribution >= 4 is 21.4 Å². The lowest BCUT2D eigenvalue weighted by atomic mass is 10.3. The Kier molecular flexibility index (Phi) is 3.05. The Morgan fingerprint density at radius 3 is 2.25 bits per heavy atom. The third-order valence-corrected chi connectivity index (χ3v) is 4.78. The highest BCUT2D eigenvalue weighted by molar-refractivity contribution is 7.93. The minimum absolute atomic E-state index is 0.231. The Morgan fingerprint density at radius 1 is 1.12 bits per heavy atom. The van der Waals surface area contributed by atoms with Crippen LogP contribution in [0.25, 0.3) is 0 Å². The third kappa shape index (κ3) is 2.47. The molecule has 0 saturated heterocycles. The highest BCUT2D eigenvalue weighted by Gasteiger charge is 2.28. The fourth-order valence-corrected chi connectivity index (χ4v) is 3.58. The van der Waals surface area contributed by atoms with E-state index in [4.69, 9.17) is 5.73 Å². The van der Waals surface area contributed by atoms with Gasteiger partial charge in [0.2, 0.25) is 10.0 Å². The van der Waals surface area contributed by atoms with E-state index in [-0.39, 0.29) is 5.25 Å². The molecule has 88 valence electrons. The first-order valence-corrected chi connectivity index (χ1v) is 7.00. The zero-order chi connectivity index (χ0) is 11.6. The topological polar surface area (TPSA) is 72.2 Å². The second kappa shape index (κ2) is 4.33. The lowest BCUT2D eigenvalue weighted by Gasteiger charge is -2.13. The van der Waals surface area contributed by atoms with Gasteiger partial charge in [-0.1, -0.05) is 12.8 Å². The van der Waals surface area contributed by atoms with Gasteiger partial charge in [0.05, 0.1) is 5.25 Å². The van der Waals surface area contributed by atoms with Crippen LogP contribution >= 0.6 is 0 Å². The van der Waals surface area contributed by atoms with Gasteiger partial charge in [-0.3, -0.25) is 4.72 Å². The summed E-state index contributed by atoms with van der Waals surface area (Å²) in [6, 6.07) is 6.74. The van der Waals surface area contributed by atoms with Crippen LogP contribution in [0.2, 0.25) is 0 Å². The molecule has 2 rings (SSSR count). The summed E-state index contributed by atoms with van der Waals surface area (Å²) in [5.74, 6) is 0. The normalized spacial score (nSPS) is 17.5. The Balaban J connectivity index is 2.11. The summed E-state index contributed by atoms with van der Waals surface area (Å²) in [4.78, 5) is 0. The number of nitrogens with one attached hydrogen (secondary N) is 1. The van der Waals surface area contributed by atoms with Crippen molar-refractivity contribution in [3.8, 4) is 0 Å². The molecule has 0 spiro atoms. The molecule has 1 aliphatic carbocycles. The minimum atomic E-state index is -3.22. The van der Waals surface area contributed by atoms with Gasteiger partial charge in [0.25, 0.3) is 0 Å². The summed E-state index contributed by atoms with van der Waals surface area (Å²) in [7, 11) is -3.22. The van der Waals surface area contributed by atoms with E-state index in [0.29, 0.717) is 11.4 Å². The standard InChI is InChI=1S/C11H16N2O2S/c12-9-5-7-10(8-6-9)13-16(14,15)11-3-1-2-4-11/h5-8,11,13H,1-4,12H2. The van der Waals surface area contributed by atoms with Crippen LogP contribution in [0, 0.1) is 0 Å². The van der Waals surface area contributed by atoms with Gasteiger partial charge in [-0.05, 0) is 37.1 Å². The average molecular weight is 240 g/mol. The van der Waals surface area contributed by atoms with Crippen LogP contribution in [0.4, 0.5) is 11.4 Å². The molecule has 4 nitrogen and oxygen atoms in total. The zero-order valence-corrected chi connectivity index (χ0v) is 9.83. The summed E-state index contributed by atoms with van der Waals surface area (Å²) >= 11 is 0. The van der Waals surface area contributed by atoms with Gasteiger partial charge >= 0.3 is 0 Å². The van der Waals surface area contributed by atoms with E-state index in [1.807, 2.05) is 0 Å². The van der Waals surface area contributed by atoms with Gasteiger partial charge in [-0.15, -0.1) is 0 Å². The van der Waals surface area contributed by atoms with E-state index < -0.39 is 10.0 Å². The molecular weight excluding hydrogens is 224 g/mol. The Morgan fingerprint density at radius 2 is 1.69 bits per heavy atom. The van der Waals surface area contributed by atoms with Crippen LogP contribution in [0.5, 0.6) is 0 Å². The second-order valence-corrected chi connectivity index (χ2v) is 6.14. The molecule has 0 radical (unpaired) electrons. The summed E-state index contributed by atoms with van der Waals surface area (Å²) in [5, 5.41) is -0.231. The highest BCUT2D eigenvalue weighted by atomic mass is 32.2. The molecule has 1 aromatic carbocycles. The Labute approximate surface area is 95.9 Å². The Hall–Kier alpha value is -1.23. The largest absolute Gasteiger partial charge is 0.399 e. The number of anilines is 2. The highest BCUT2D eigenvalue weighted by Crippen LogP contribution is 2.26. The number of sulfonamides is 1. The maximum absolute atomic E-state index is 11.9. The lowest BCUT2D eigenvalue weighted by Crippen LogP contribution is -2.25. The predicted octanol–water partition coefficient (Wildman–Crippen LogP) is 1.95. The molecule has 1 fully saturated rings. The molecule has 0 amide bonds. The van der Waals surface area contributed by atoms with Gasteiger partial charge in [-0.25, -0.2) is 8.42 Å². The molecule has 16 heavy (non-hydrogen) atoms. The van der Waals surface area contributed by atoms with Gasteiger partial charge in [0.1, 0.15) is 0 Å². The fraction of sp³-hybridized carbons (Fsp3) is 0.455. The first-order valence-electron chi connectivity index (χ1n) is 5.45. The summed E-state index contributed by atoms with van der Waals surface area (Å²) in [5.41, 5.74) is 6.75. The number of rotatable bonds is 3. The summed E-state index contributed by atoms with van der Waals surface area (Å²) < 4.78 is 26.5. The maximum Gasteiger partial charge on any atom is 0.235 e. The van der Waals surface area contributed by atoms with Crippen LogP contribution in [0.3, 0.4) is 0 Å². The first kappa shape index (κ1) is 11.3. The summed E-state index contributed by atoms with van der Waals surface area (Å²) in [6.07, 6.45) is 3.55. The van der Waals surface area contributed by atoms with Crippen molar-refractivity contribution in [1.82, 2.24) is 0 Å². The van der Waals surface area contributed by atoms with E-state index in [0.717, 1.165) is 25.7 Å². The van der Waals surface area contributed by atoms with Crippen LogP contribution in [-0.2, 0) is 10.0 Å². The van der Waals surface area contributed by atoms with Crippen molar-refractivity contribution in [2.45, 2.75) is 30.9 Å². The van der Waals surface area contributed by atoms with Crippen molar-refractivity contribution in [1.29, 1.82) is 0 Å². The van der Waals surface area contributed by atoms with Crippen molar-refractivity contribution in [3.63, 3.8) is 0 Å². The number of nitrogens with two attached hydrogens (primary N) is 1. The number of benzene rings is 1. The van der Waals surface area contributed by atoms with Crippen LogP contribution in [0.1, 0.15) is 25.7 Å². The maximum atomic E-state index is 11.9. The van der Waals surface area contributed by atoms with Gasteiger partial charge in [0, 0.05) is 11.4 Å². The molecule has 0 heterocycles. The molecule has 1 aromatic rings. The predicted molar refractivity (Wildman–Crippen MR) is 65.7 cm³/mol. The molecule has 0 bridgehead atoms. The Bertz CT molecular complexity index is 447. The van der Waals surface area contributed by atoms with Crippen molar-refractivity contribution in [2.75, 3.05) is 10.5 Å². The molecule has 0 unspecified atom stereocenters. The van der Waals surface area contributed by atoms with E-state index in [1.54, 1.807) is 24.3 Å². The van der Waals surface area contributed by atoms with Crippen LogP contribution < -0.4 is 10.5 Å². The molecule has 1 saturated carbocycles. The summed E-state index contributed by atoms with van der Waals surface area (Å²) in [6.45, 7) is 0. The van der Waals surface area contributed by atoms with Gasteiger partial charge in [0.15, 0.2) is 0 Å². The van der Waals surface area contributed by atoms with E-state index >= 15 is 0 Å². The molecule has 0 atom stereocenters. The van der Waals surface area contributed by atoms with E-state index in [1.165, 1.54) is 0 Å². The molecular formula is C11H16N2O2S. The lowest BCUT2D eigenvalue weighted by molar-refractivity contribution is 0.585. The number of hydrogen-bond donors (Lipinski definition) is 2. The van der Waals surface area contributed by atoms with Gasteiger partial charge < -0.3 is 5.73 Å². The van der Waals surface area contributed by atoms with Crippen molar-refractivity contribution < 1.29 is 8.42 Å². The van der Waals surface area contributed by atoms with Crippen LogP contribution in [0.15, 0.2) is 24.3 Å². The first-order chi connectivity index (χ1) is 7.58. The molecule has 0 aliphatic heterocycles. The average Bonchev–Trinajstić information content (AvgIpc) is 2.75.